The van der Waals surface area contributed by atoms with Crippen LogP contribution in [-0.4, -0.2) is 81.4 Å². The van der Waals surface area contributed by atoms with E-state index in [0.717, 1.165) is 27.7 Å². The molecule has 0 spiro atoms. The van der Waals surface area contributed by atoms with E-state index < -0.39 is 69.8 Å². The third-order valence-corrected chi connectivity index (χ3v) is 15.2. The number of halogens is 12. The Labute approximate surface area is 495 Å². The Morgan fingerprint density at radius 3 is 1.54 bits per heavy atom. The van der Waals surface area contributed by atoms with Gasteiger partial charge in [-0.15, -0.1) is 35.3 Å². The van der Waals surface area contributed by atoms with Gasteiger partial charge in [0.15, 0.2) is 5.82 Å². The van der Waals surface area contributed by atoms with Gasteiger partial charge in [0, 0.05) is 55.5 Å². The number of carbonyl (C=O) groups is 2. The molecule has 4 N–H and O–H groups in total. The minimum Gasteiger partial charge on any atom is -0.393 e. The fourth-order valence-electron chi connectivity index (χ4n) is 8.10. The number of nitrogens with zero attached hydrogens (tertiary/aromatic N) is 9. The number of fused-ring (bicyclic) bond motifs is 1. The van der Waals surface area contributed by atoms with Crippen molar-refractivity contribution in [3.63, 3.8) is 0 Å². The zero-order chi connectivity index (χ0) is 62.2. The molecule has 0 atom stereocenters. The molecule has 17 nitrogen and oxygen atoms in total. The summed E-state index contributed by atoms with van der Waals surface area (Å²) in [5.41, 5.74) is -1.06. The minimum absolute atomic E-state index is 0.0243. The van der Waals surface area contributed by atoms with Gasteiger partial charge in [0.25, 0.3) is 28.5 Å². The largest absolute Gasteiger partial charge is 0.431 e. The topological polar surface area (TPSA) is 210 Å². The van der Waals surface area contributed by atoms with Crippen molar-refractivity contribution in [3.05, 3.63) is 130 Å². The third kappa shape index (κ3) is 15.3. The predicted octanol–water partition coefficient (Wildman–Crippen LogP) is 12.8. The molecule has 448 valence electrons. The highest BCUT2D eigenvalue weighted by atomic mass is 35.5. The van der Waals surface area contributed by atoms with E-state index in [2.05, 4.69) is 30.6 Å². The number of pyridine rings is 6. The lowest BCUT2D eigenvalue weighted by atomic mass is 10.2. The molecule has 0 aromatic carbocycles. The average molecular weight is 1290 g/mol. The number of anilines is 4. The number of carbonyl (C=O) groups excluding carboxylic acids is 2. The number of hydrogen-bond acceptors (Lipinski definition) is 14. The first kappa shape index (κ1) is 67.4. The van der Waals surface area contributed by atoms with Crippen LogP contribution in [0, 0.1) is 0 Å². The second-order valence-corrected chi connectivity index (χ2v) is 21.9. The number of nitrogens with one attached hydrogen (secondary N) is 2. The van der Waals surface area contributed by atoms with Crippen molar-refractivity contribution in [2.75, 3.05) is 52.6 Å². The van der Waals surface area contributed by atoms with Crippen LogP contribution >= 0.6 is 70.1 Å². The number of nitrogen functional groups attached to an aromatic ring is 1. The Balaban J connectivity index is 0.000000228. The summed E-state index contributed by atoms with van der Waals surface area (Å²) < 4.78 is 124. The highest BCUT2D eigenvalue weighted by Gasteiger charge is 2.39. The van der Waals surface area contributed by atoms with Crippen molar-refractivity contribution in [2.24, 2.45) is 7.05 Å². The summed E-state index contributed by atoms with van der Waals surface area (Å²) in [5, 5.41) is 5.28. The molecule has 0 radical (unpaired) electrons. The normalized spacial score (nSPS) is 11.7. The smallest absolute Gasteiger partial charge is 0.393 e. The second-order valence-electron chi connectivity index (χ2n) is 16.9. The van der Waals surface area contributed by atoms with E-state index in [1.807, 2.05) is 20.8 Å². The Hall–Kier alpha value is -6.40. The summed E-state index contributed by atoms with van der Waals surface area (Å²) in [6.07, 6.45) is -14.2. The maximum atomic E-state index is 13.4. The van der Waals surface area contributed by atoms with Crippen molar-refractivity contribution >= 4 is 116 Å². The first-order valence-corrected chi connectivity index (χ1v) is 28.7. The first-order chi connectivity index (χ1) is 38.8. The molecule has 32 heteroatoms. The number of imidazole rings is 1. The van der Waals surface area contributed by atoms with Crippen LogP contribution in [0.4, 0.5) is 62.3 Å². The summed E-state index contributed by atoms with van der Waals surface area (Å²) in [6, 6.07) is 12.0. The molecule has 7 rings (SSSR count). The van der Waals surface area contributed by atoms with Gasteiger partial charge >= 0.3 is 18.5 Å². The molecule has 2 amide bonds. The van der Waals surface area contributed by atoms with Gasteiger partial charge in [-0.05, 0) is 92.6 Å². The maximum Gasteiger partial charge on any atom is 0.431 e. The number of nitrogens with two attached hydrogens (primary N) is 1. The van der Waals surface area contributed by atoms with Gasteiger partial charge in [-0.1, -0.05) is 55.6 Å². The van der Waals surface area contributed by atoms with E-state index in [-0.39, 0.29) is 74.6 Å². The van der Waals surface area contributed by atoms with E-state index in [1.54, 1.807) is 31.3 Å². The number of rotatable bonds is 15. The molecular formula is C51H52Cl3F9N12O5S3. The van der Waals surface area contributed by atoms with Crippen molar-refractivity contribution in [1.29, 1.82) is 0 Å². The van der Waals surface area contributed by atoms with Gasteiger partial charge in [0.2, 0.25) is 0 Å². The van der Waals surface area contributed by atoms with Crippen LogP contribution in [0.5, 0.6) is 0 Å². The highest BCUT2D eigenvalue weighted by Crippen LogP contribution is 2.37. The molecule has 0 aliphatic heterocycles. The number of aryl methyl sites for hydroxylation is 1. The van der Waals surface area contributed by atoms with Gasteiger partial charge in [0.1, 0.15) is 66.5 Å². The second kappa shape index (κ2) is 28.0. The number of hydrogen-bond donors (Lipinski definition) is 3. The molecule has 0 bridgehead atoms. The van der Waals surface area contributed by atoms with E-state index in [0.29, 0.717) is 52.6 Å². The molecule has 7 aromatic heterocycles. The van der Waals surface area contributed by atoms with Gasteiger partial charge < -0.3 is 39.5 Å². The van der Waals surface area contributed by atoms with E-state index >= 15 is 0 Å². The fourth-order valence-corrected chi connectivity index (χ4v) is 10.8. The van der Waals surface area contributed by atoms with Crippen molar-refractivity contribution in [2.45, 2.75) is 94.4 Å². The number of thioether (sulfide) groups is 3. The number of alkyl halides is 9. The Kier molecular flexibility index (Phi) is 22.7. The summed E-state index contributed by atoms with van der Waals surface area (Å²) >= 11 is 21.9. The van der Waals surface area contributed by atoms with Crippen molar-refractivity contribution in [1.82, 2.24) is 38.2 Å². The lowest BCUT2D eigenvalue weighted by Crippen LogP contribution is -2.35. The Morgan fingerprint density at radius 2 is 1.05 bits per heavy atom. The Morgan fingerprint density at radius 1 is 0.614 bits per heavy atom. The predicted molar refractivity (Wildman–Crippen MR) is 309 cm³/mol. The molecule has 0 aliphatic carbocycles. The first-order valence-electron chi connectivity index (χ1n) is 24.6. The van der Waals surface area contributed by atoms with Crippen LogP contribution in [0.1, 0.15) is 79.6 Å². The van der Waals surface area contributed by atoms with Crippen LogP contribution in [0.2, 0.25) is 15.5 Å². The standard InChI is InChI=1S/2C17H18ClF3N4O2S.C17H16ClF3N4OS/c1-4-25-11(17(19,20)21)8-9(13(22-3)16(25)27)23-15(26)14-10(28-5-2)6-7-12(18)24-14;1-4-25-11(17(19,20)21)8-9(13(22)15(25)26)24(3)16(27)14-10(28-5-2)6-7-12(18)23-14;1-4-25-11(17(19,20)21)8-9-14(16(25)26)24(3)15(22-9)13-10(27-5-2)6-7-12(18)23-13/h6-8,22H,4-5H2,1-3H3,(H,23,26);6-8H,4-5,22H2,1-3H3;6-8H,4-5H2,1-3H3. The molecule has 7 aromatic rings. The molecule has 83 heavy (non-hydrogen) atoms. The molecular weight excluding hydrogens is 1230 g/mol. The molecule has 0 aliphatic rings. The fraction of sp³-hybridized carbons (Fsp3) is 0.353. The number of aromatic nitrogens is 8. The van der Waals surface area contributed by atoms with Crippen molar-refractivity contribution < 1.29 is 49.1 Å². The van der Waals surface area contributed by atoms with E-state index in [4.69, 9.17) is 40.5 Å². The summed E-state index contributed by atoms with van der Waals surface area (Å²) in [4.78, 5) is 82.4. The average Bonchev–Trinajstić information content (AvgIpc) is 2.26. The van der Waals surface area contributed by atoms with Gasteiger partial charge in [0.05, 0.1) is 16.9 Å². The van der Waals surface area contributed by atoms with Crippen LogP contribution < -0.4 is 37.9 Å². The number of amides is 2. The van der Waals surface area contributed by atoms with E-state index in [9.17, 15) is 63.5 Å². The van der Waals surface area contributed by atoms with Gasteiger partial charge in [-0.2, -0.15) is 39.5 Å². The quantitative estimate of drug-likeness (QED) is 0.0496. The maximum absolute atomic E-state index is 13.4. The van der Waals surface area contributed by atoms with Crippen LogP contribution in [-0.2, 0) is 45.2 Å². The highest BCUT2D eigenvalue weighted by molar-refractivity contribution is 7.99. The van der Waals surface area contributed by atoms with Gasteiger partial charge in [-0.25, -0.2) is 19.9 Å². The minimum atomic E-state index is -4.79. The van der Waals surface area contributed by atoms with Crippen LogP contribution in [0.15, 0.2) is 83.7 Å². The molecule has 0 saturated heterocycles. The zero-order valence-electron chi connectivity index (χ0n) is 45.3. The zero-order valence-corrected chi connectivity index (χ0v) is 50.1. The molecule has 0 fully saturated rings. The van der Waals surface area contributed by atoms with Crippen molar-refractivity contribution in [3.8, 4) is 11.5 Å². The third-order valence-electron chi connectivity index (χ3n) is 11.7. The van der Waals surface area contributed by atoms with Gasteiger partial charge in [-0.3, -0.25) is 24.0 Å². The molecule has 7 heterocycles. The summed E-state index contributed by atoms with van der Waals surface area (Å²) in [7, 11) is 4.20. The molecule has 0 unspecified atom stereocenters. The molecule has 0 saturated carbocycles. The lowest BCUT2D eigenvalue weighted by Gasteiger charge is -2.23. The van der Waals surface area contributed by atoms with Crippen LogP contribution in [0.3, 0.4) is 0 Å². The van der Waals surface area contributed by atoms with E-state index in [1.165, 1.54) is 86.9 Å². The summed E-state index contributed by atoms with van der Waals surface area (Å²) in [6.45, 7) is 9.54. The SMILES string of the molecule is CCSc1ccc(Cl)nc1-c1nc2cc(C(F)(F)F)n(CC)c(=O)c2n1C.CCSc1ccc(Cl)nc1C(=O)N(C)c1cc(C(F)(F)F)n(CC)c(=O)c1N.CCSc1ccc(Cl)nc1C(=O)Nc1cc(C(F)(F)F)n(CC)c(=O)c1NC. The summed E-state index contributed by atoms with van der Waals surface area (Å²) in [5.74, 6) is 0.850. The lowest BCUT2D eigenvalue weighted by molar-refractivity contribution is -0.144. The van der Waals surface area contributed by atoms with Crippen LogP contribution in [0.25, 0.3) is 22.6 Å². The monoisotopic (exact) mass is 1280 g/mol. The Bertz CT molecular complexity index is 3740.